The van der Waals surface area contributed by atoms with Gasteiger partial charge < -0.3 is 9.73 Å². The molecule has 148 valence electrons. The first kappa shape index (κ1) is 18.9. The lowest BCUT2D eigenvalue weighted by molar-refractivity contribution is 0.0949. The highest BCUT2D eigenvalue weighted by Crippen LogP contribution is 2.25. The van der Waals surface area contributed by atoms with Gasteiger partial charge in [-0.25, -0.2) is 9.67 Å². The van der Waals surface area contributed by atoms with Crippen molar-refractivity contribution >= 4 is 16.9 Å². The van der Waals surface area contributed by atoms with Crippen LogP contribution in [0.5, 0.6) is 0 Å². The number of rotatable bonds is 5. The average Bonchev–Trinajstić information content (AvgIpc) is 3.28. The van der Waals surface area contributed by atoms with E-state index < -0.39 is 0 Å². The highest BCUT2D eigenvalue weighted by molar-refractivity contribution is 6.06. The largest absolute Gasteiger partial charge is 0.465 e. The molecule has 0 fully saturated rings. The van der Waals surface area contributed by atoms with E-state index in [2.05, 4.69) is 34.5 Å². The first-order chi connectivity index (χ1) is 14.0. The zero-order chi connectivity index (χ0) is 20.5. The molecule has 0 aliphatic carbocycles. The fourth-order valence-corrected chi connectivity index (χ4v) is 3.49. The van der Waals surface area contributed by atoms with E-state index in [0.29, 0.717) is 17.8 Å². The fourth-order valence-electron chi connectivity index (χ4n) is 3.49. The molecule has 0 radical (unpaired) electrons. The van der Waals surface area contributed by atoms with E-state index in [1.54, 1.807) is 0 Å². The molecule has 0 aliphatic heterocycles. The van der Waals surface area contributed by atoms with Gasteiger partial charge in [-0.2, -0.15) is 5.10 Å². The maximum atomic E-state index is 13.0. The molecule has 6 nitrogen and oxygen atoms in total. The number of nitrogens with one attached hydrogen (secondary N) is 1. The molecule has 1 N–H and O–H groups in total. The van der Waals surface area contributed by atoms with Gasteiger partial charge >= 0.3 is 0 Å². The van der Waals surface area contributed by atoms with Gasteiger partial charge in [0.25, 0.3) is 5.91 Å². The number of fused-ring (bicyclic) bond motifs is 1. The molecule has 4 rings (SSSR count). The van der Waals surface area contributed by atoms with Gasteiger partial charge in [-0.1, -0.05) is 19.1 Å². The summed E-state index contributed by atoms with van der Waals surface area (Å²) in [4.78, 5) is 17.6. The molecule has 1 aromatic carbocycles. The quantitative estimate of drug-likeness (QED) is 0.549. The SMILES string of the molecule is CCc1ccc(-n2nc(C)c3c(C(=O)NCc4ccc(C)o4)cc(C)nc32)cc1. The van der Waals surface area contributed by atoms with Crippen LogP contribution in [0.1, 0.15) is 45.8 Å². The van der Waals surface area contributed by atoms with Gasteiger partial charge in [0.05, 0.1) is 28.9 Å². The van der Waals surface area contributed by atoms with Crippen molar-refractivity contribution in [2.75, 3.05) is 0 Å². The zero-order valence-electron chi connectivity index (χ0n) is 17.1. The van der Waals surface area contributed by atoms with Gasteiger partial charge in [-0.3, -0.25) is 4.79 Å². The zero-order valence-corrected chi connectivity index (χ0v) is 17.1. The summed E-state index contributed by atoms with van der Waals surface area (Å²) in [5, 5.41) is 8.39. The molecule has 6 heteroatoms. The molecule has 0 atom stereocenters. The summed E-state index contributed by atoms with van der Waals surface area (Å²) < 4.78 is 7.35. The second-order valence-corrected chi connectivity index (χ2v) is 7.22. The van der Waals surface area contributed by atoms with E-state index in [0.717, 1.165) is 40.4 Å². The van der Waals surface area contributed by atoms with Crippen LogP contribution in [0.25, 0.3) is 16.7 Å². The Morgan fingerprint density at radius 1 is 1.10 bits per heavy atom. The topological polar surface area (TPSA) is 73.0 Å². The summed E-state index contributed by atoms with van der Waals surface area (Å²) in [5.74, 6) is 1.38. The molecular weight excluding hydrogens is 364 g/mol. The number of hydrogen-bond acceptors (Lipinski definition) is 4. The van der Waals surface area contributed by atoms with Crippen LogP contribution in [-0.4, -0.2) is 20.7 Å². The Bertz CT molecular complexity index is 1190. The standard InChI is InChI=1S/C23H24N4O2/c1-5-17-7-9-18(10-8-17)27-22-21(16(4)26-27)20(12-14(2)25-22)23(28)24-13-19-11-6-15(3)29-19/h6-12H,5,13H2,1-4H3,(H,24,28). The molecule has 0 spiro atoms. The first-order valence-corrected chi connectivity index (χ1v) is 9.76. The van der Waals surface area contributed by atoms with E-state index in [9.17, 15) is 4.79 Å². The molecular formula is C23H24N4O2. The van der Waals surface area contributed by atoms with Crippen LogP contribution in [-0.2, 0) is 13.0 Å². The smallest absolute Gasteiger partial charge is 0.252 e. The van der Waals surface area contributed by atoms with Gasteiger partial charge in [0.15, 0.2) is 5.65 Å². The summed E-state index contributed by atoms with van der Waals surface area (Å²) in [6.45, 7) is 8.14. The maximum absolute atomic E-state index is 13.0. The number of hydrogen-bond donors (Lipinski definition) is 1. The Hall–Kier alpha value is -3.41. The lowest BCUT2D eigenvalue weighted by Crippen LogP contribution is -2.23. The molecule has 1 amide bonds. The van der Waals surface area contributed by atoms with E-state index >= 15 is 0 Å². The van der Waals surface area contributed by atoms with Crippen molar-refractivity contribution in [1.82, 2.24) is 20.1 Å². The highest BCUT2D eigenvalue weighted by Gasteiger charge is 2.19. The third kappa shape index (κ3) is 3.66. The van der Waals surface area contributed by atoms with Crippen LogP contribution >= 0.6 is 0 Å². The number of benzene rings is 1. The molecule has 0 aliphatic rings. The van der Waals surface area contributed by atoms with E-state index in [1.165, 1.54) is 5.56 Å². The molecule has 4 aromatic rings. The number of furan rings is 1. The van der Waals surface area contributed by atoms with E-state index in [1.807, 2.05) is 55.8 Å². The lowest BCUT2D eigenvalue weighted by atomic mass is 10.1. The normalized spacial score (nSPS) is 11.2. The van der Waals surface area contributed by atoms with Gasteiger partial charge in [0, 0.05) is 5.69 Å². The molecule has 0 bridgehead atoms. The van der Waals surface area contributed by atoms with Crippen molar-refractivity contribution in [3.8, 4) is 5.69 Å². The second kappa shape index (κ2) is 7.54. The van der Waals surface area contributed by atoms with Crippen LogP contribution in [0.2, 0.25) is 0 Å². The molecule has 29 heavy (non-hydrogen) atoms. The fraction of sp³-hybridized carbons (Fsp3) is 0.261. The maximum Gasteiger partial charge on any atom is 0.252 e. The molecule has 0 saturated carbocycles. The van der Waals surface area contributed by atoms with Crippen molar-refractivity contribution < 1.29 is 9.21 Å². The van der Waals surface area contributed by atoms with Crippen LogP contribution in [0.3, 0.4) is 0 Å². The minimum atomic E-state index is -0.168. The molecule has 0 unspecified atom stereocenters. The Kier molecular flexibility index (Phi) is 4.92. The van der Waals surface area contributed by atoms with Crippen molar-refractivity contribution in [1.29, 1.82) is 0 Å². The van der Waals surface area contributed by atoms with Gasteiger partial charge in [0.1, 0.15) is 11.5 Å². The monoisotopic (exact) mass is 388 g/mol. The Balaban J connectivity index is 1.73. The Morgan fingerprint density at radius 3 is 2.52 bits per heavy atom. The minimum Gasteiger partial charge on any atom is -0.465 e. The van der Waals surface area contributed by atoms with Crippen LogP contribution in [0.4, 0.5) is 0 Å². The van der Waals surface area contributed by atoms with Crippen LogP contribution < -0.4 is 5.32 Å². The third-order valence-corrected chi connectivity index (χ3v) is 4.99. The van der Waals surface area contributed by atoms with Gasteiger partial charge in [0.2, 0.25) is 0 Å². The molecule has 3 heterocycles. The Morgan fingerprint density at radius 2 is 1.86 bits per heavy atom. The molecule has 0 saturated heterocycles. The van der Waals surface area contributed by atoms with Crippen molar-refractivity contribution in [2.45, 2.75) is 40.7 Å². The summed E-state index contributed by atoms with van der Waals surface area (Å²) in [6.07, 6.45) is 0.982. The molecule has 3 aromatic heterocycles. The summed E-state index contributed by atoms with van der Waals surface area (Å²) >= 11 is 0. The number of aromatic nitrogens is 3. The predicted molar refractivity (Wildman–Crippen MR) is 112 cm³/mol. The third-order valence-electron chi connectivity index (χ3n) is 4.99. The second-order valence-electron chi connectivity index (χ2n) is 7.22. The van der Waals surface area contributed by atoms with Gasteiger partial charge in [-0.15, -0.1) is 0 Å². The lowest BCUT2D eigenvalue weighted by Gasteiger charge is -2.08. The van der Waals surface area contributed by atoms with Crippen molar-refractivity contribution in [3.05, 3.63) is 76.5 Å². The average molecular weight is 388 g/mol. The van der Waals surface area contributed by atoms with E-state index in [4.69, 9.17) is 4.42 Å². The first-order valence-electron chi connectivity index (χ1n) is 9.76. The summed E-state index contributed by atoms with van der Waals surface area (Å²) in [7, 11) is 0. The van der Waals surface area contributed by atoms with Crippen molar-refractivity contribution in [2.24, 2.45) is 0 Å². The van der Waals surface area contributed by atoms with Crippen LogP contribution in [0.15, 0.2) is 46.9 Å². The van der Waals surface area contributed by atoms with Crippen LogP contribution in [0, 0.1) is 20.8 Å². The minimum absolute atomic E-state index is 0.168. The number of carbonyl (C=O) groups is 1. The number of aryl methyl sites for hydroxylation is 4. The number of nitrogens with zero attached hydrogens (tertiary/aromatic N) is 3. The van der Waals surface area contributed by atoms with E-state index in [-0.39, 0.29) is 5.91 Å². The summed E-state index contributed by atoms with van der Waals surface area (Å²) in [6, 6.07) is 13.8. The van der Waals surface area contributed by atoms with Crippen molar-refractivity contribution in [3.63, 3.8) is 0 Å². The highest BCUT2D eigenvalue weighted by atomic mass is 16.3. The Labute approximate surface area is 169 Å². The summed E-state index contributed by atoms with van der Waals surface area (Å²) in [5.41, 5.74) is 4.99. The number of pyridine rings is 1. The predicted octanol–water partition coefficient (Wildman–Crippen LogP) is 4.43. The number of carbonyl (C=O) groups excluding carboxylic acids is 1. The van der Waals surface area contributed by atoms with Gasteiger partial charge in [-0.05, 0) is 63.1 Å². The number of amides is 1.